The van der Waals surface area contributed by atoms with Crippen LogP contribution in [0.1, 0.15) is 65.2 Å². The molecule has 2 nitrogen and oxygen atoms in total. The van der Waals surface area contributed by atoms with Crippen LogP contribution in [0.3, 0.4) is 0 Å². The lowest BCUT2D eigenvalue weighted by Crippen LogP contribution is -2.16. The van der Waals surface area contributed by atoms with Gasteiger partial charge >= 0.3 is 0 Å². The smallest absolute Gasteiger partial charge is 0.133 e. The fourth-order valence-corrected chi connectivity index (χ4v) is 3.01. The molecule has 0 saturated heterocycles. The Hall–Kier alpha value is -0.370. The van der Waals surface area contributed by atoms with E-state index in [1.807, 2.05) is 0 Å². The van der Waals surface area contributed by atoms with Crippen molar-refractivity contribution in [3.05, 3.63) is 0 Å². The van der Waals surface area contributed by atoms with E-state index in [0.717, 1.165) is 32.2 Å². The number of ketones is 1. The van der Waals surface area contributed by atoms with E-state index in [4.69, 9.17) is 5.73 Å². The second-order valence-corrected chi connectivity index (χ2v) is 6.01. The minimum absolute atomic E-state index is 0.486. The lowest BCUT2D eigenvalue weighted by Gasteiger charge is -2.19. The fourth-order valence-electron chi connectivity index (χ4n) is 3.01. The summed E-state index contributed by atoms with van der Waals surface area (Å²) in [5, 5.41) is 0. The number of hydrogen-bond acceptors (Lipinski definition) is 2. The first-order valence-corrected chi connectivity index (χ1v) is 7.35. The molecule has 0 aromatic rings. The zero-order valence-electron chi connectivity index (χ0n) is 11.6. The average Bonchev–Trinajstić information content (AvgIpc) is 2.76. The summed E-state index contributed by atoms with van der Waals surface area (Å²) in [7, 11) is 0. The van der Waals surface area contributed by atoms with Gasteiger partial charge in [-0.1, -0.05) is 39.5 Å². The van der Waals surface area contributed by atoms with Crippen molar-refractivity contribution in [3.8, 4) is 0 Å². The Kier molecular flexibility index (Phi) is 6.79. The van der Waals surface area contributed by atoms with Crippen LogP contribution in [0.5, 0.6) is 0 Å². The largest absolute Gasteiger partial charge is 0.330 e. The molecule has 0 aromatic carbocycles. The Morgan fingerprint density at radius 3 is 2.41 bits per heavy atom. The number of rotatable bonds is 8. The maximum absolute atomic E-state index is 11.9. The molecular formula is C15H29NO. The summed E-state index contributed by atoms with van der Waals surface area (Å²) in [5.41, 5.74) is 5.62. The van der Waals surface area contributed by atoms with Crippen molar-refractivity contribution in [2.75, 3.05) is 6.54 Å². The maximum atomic E-state index is 11.9. The molecule has 1 rings (SSSR count). The highest BCUT2D eigenvalue weighted by molar-refractivity contribution is 5.78. The molecule has 1 aliphatic rings. The Morgan fingerprint density at radius 1 is 1.24 bits per heavy atom. The molecule has 17 heavy (non-hydrogen) atoms. The van der Waals surface area contributed by atoms with Gasteiger partial charge in [-0.05, 0) is 37.1 Å². The standard InChI is InChI=1S/C15H29NO/c1-12(2)14(9-10-16)7-8-15(17)11-13-5-3-4-6-13/h12-14H,3-11,16H2,1-2H3. The summed E-state index contributed by atoms with van der Waals surface area (Å²) in [6, 6.07) is 0. The van der Waals surface area contributed by atoms with Gasteiger partial charge in [0.1, 0.15) is 5.78 Å². The lowest BCUT2D eigenvalue weighted by molar-refractivity contribution is -0.120. The quantitative estimate of drug-likeness (QED) is 0.704. The highest BCUT2D eigenvalue weighted by Crippen LogP contribution is 2.29. The first kappa shape index (κ1) is 14.7. The summed E-state index contributed by atoms with van der Waals surface area (Å²) in [6.07, 6.45) is 8.95. The van der Waals surface area contributed by atoms with E-state index in [-0.39, 0.29) is 0 Å². The van der Waals surface area contributed by atoms with E-state index in [2.05, 4.69) is 13.8 Å². The summed E-state index contributed by atoms with van der Waals surface area (Å²) in [6.45, 7) is 5.23. The van der Waals surface area contributed by atoms with Gasteiger partial charge in [-0.3, -0.25) is 4.79 Å². The molecule has 0 aliphatic heterocycles. The molecule has 0 radical (unpaired) electrons. The SMILES string of the molecule is CC(C)C(CCN)CCC(=O)CC1CCCC1. The summed E-state index contributed by atoms with van der Waals surface area (Å²) in [5.74, 6) is 2.47. The minimum Gasteiger partial charge on any atom is -0.330 e. The van der Waals surface area contributed by atoms with Gasteiger partial charge in [0.15, 0.2) is 0 Å². The van der Waals surface area contributed by atoms with Gasteiger partial charge < -0.3 is 5.73 Å². The van der Waals surface area contributed by atoms with E-state index in [9.17, 15) is 4.79 Å². The van der Waals surface area contributed by atoms with E-state index < -0.39 is 0 Å². The normalized spacial score (nSPS) is 18.8. The summed E-state index contributed by atoms with van der Waals surface area (Å²) in [4.78, 5) is 11.9. The van der Waals surface area contributed by atoms with Crippen molar-refractivity contribution in [2.45, 2.75) is 65.2 Å². The van der Waals surface area contributed by atoms with Gasteiger partial charge in [0.25, 0.3) is 0 Å². The van der Waals surface area contributed by atoms with E-state index in [1.165, 1.54) is 25.7 Å². The van der Waals surface area contributed by atoms with Crippen molar-refractivity contribution < 1.29 is 4.79 Å². The third-order valence-corrected chi connectivity index (χ3v) is 4.27. The van der Waals surface area contributed by atoms with Gasteiger partial charge in [0, 0.05) is 12.8 Å². The molecular weight excluding hydrogens is 210 g/mol. The van der Waals surface area contributed by atoms with Gasteiger partial charge in [-0.25, -0.2) is 0 Å². The Morgan fingerprint density at radius 2 is 1.88 bits per heavy atom. The van der Waals surface area contributed by atoms with Crippen molar-refractivity contribution in [1.82, 2.24) is 0 Å². The number of carbonyl (C=O) groups is 1. The predicted molar refractivity (Wildman–Crippen MR) is 72.8 cm³/mol. The average molecular weight is 239 g/mol. The van der Waals surface area contributed by atoms with E-state index >= 15 is 0 Å². The van der Waals surface area contributed by atoms with Gasteiger partial charge in [0.05, 0.1) is 0 Å². The summed E-state index contributed by atoms with van der Waals surface area (Å²) >= 11 is 0. The van der Waals surface area contributed by atoms with Crippen LogP contribution >= 0.6 is 0 Å². The van der Waals surface area contributed by atoms with Crippen molar-refractivity contribution in [3.63, 3.8) is 0 Å². The Labute approximate surface area is 106 Å². The number of hydrogen-bond donors (Lipinski definition) is 1. The van der Waals surface area contributed by atoms with Crippen LogP contribution < -0.4 is 5.73 Å². The van der Waals surface area contributed by atoms with Crippen molar-refractivity contribution >= 4 is 5.78 Å². The fraction of sp³-hybridized carbons (Fsp3) is 0.933. The Balaban J connectivity index is 2.20. The lowest BCUT2D eigenvalue weighted by atomic mass is 9.86. The van der Waals surface area contributed by atoms with Crippen LogP contribution in [0.15, 0.2) is 0 Å². The highest BCUT2D eigenvalue weighted by Gasteiger charge is 2.19. The Bertz CT molecular complexity index is 219. The molecule has 0 aromatic heterocycles. The van der Waals surface area contributed by atoms with Crippen molar-refractivity contribution in [1.29, 1.82) is 0 Å². The highest BCUT2D eigenvalue weighted by atomic mass is 16.1. The van der Waals surface area contributed by atoms with Crippen LogP contribution in [-0.4, -0.2) is 12.3 Å². The van der Waals surface area contributed by atoms with Crippen LogP contribution in [0, 0.1) is 17.8 Å². The molecule has 1 atom stereocenters. The topological polar surface area (TPSA) is 43.1 Å². The molecule has 0 heterocycles. The molecule has 1 saturated carbocycles. The zero-order valence-corrected chi connectivity index (χ0v) is 11.6. The predicted octanol–water partition coefficient (Wildman–Crippen LogP) is 3.54. The first-order valence-electron chi connectivity index (χ1n) is 7.35. The molecule has 0 spiro atoms. The molecule has 1 unspecified atom stereocenters. The van der Waals surface area contributed by atoms with Crippen LogP contribution in [0.4, 0.5) is 0 Å². The molecule has 0 amide bonds. The third kappa shape index (κ3) is 5.67. The minimum atomic E-state index is 0.486. The number of nitrogens with two attached hydrogens (primary N) is 1. The van der Waals surface area contributed by atoms with E-state index in [1.54, 1.807) is 0 Å². The monoisotopic (exact) mass is 239 g/mol. The van der Waals surface area contributed by atoms with Crippen molar-refractivity contribution in [2.24, 2.45) is 23.5 Å². The van der Waals surface area contributed by atoms with E-state index in [0.29, 0.717) is 23.5 Å². The first-order chi connectivity index (χ1) is 8.13. The van der Waals surface area contributed by atoms with Crippen LogP contribution in [-0.2, 0) is 4.79 Å². The zero-order chi connectivity index (χ0) is 12.7. The molecule has 2 N–H and O–H groups in total. The van der Waals surface area contributed by atoms with Crippen LogP contribution in [0.25, 0.3) is 0 Å². The molecule has 100 valence electrons. The van der Waals surface area contributed by atoms with Crippen LogP contribution in [0.2, 0.25) is 0 Å². The van der Waals surface area contributed by atoms with Gasteiger partial charge in [-0.15, -0.1) is 0 Å². The van der Waals surface area contributed by atoms with Gasteiger partial charge in [0.2, 0.25) is 0 Å². The maximum Gasteiger partial charge on any atom is 0.133 e. The molecule has 1 aliphatic carbocycles. The molecule has 2 heteroatoms. The second kappa shape index (κ2) is 7.86. The molecule has 1 fully saturated rings. The summed E-state index contributed by atoms with van der Waals surface area (Å²) < 4.78 is 0. The molecule has 0 bridgehead atoms. The second-order valence-electron chi connectivity index (χ2n) is 6.01. The number of carbonyl (C=O) groups excluding carboxylic acids is 1. The number of Topliss-reactive ketones (excluding diaryl/α,β-unsaturated/α-hetero) is 1. The third-order valence-electron chi connectivity index (χ3n) is 4.27. The van der Waals surface area contributed by atoms with Gasteiger partial charge in [-0.2, -0.15) is 0 Å².